The summed E-state index contributed by atoms with van der Waals surface area (Å²) in [6.45, 7) is 0.157. The first-order valence-corrected chi connectivity index (χ1v) is 4.49. The number of benzene rings is 1. The molecule has 2 rings (SSSR count). The lowest BCUT2D eigenvalue weighted by molar-refractivity contribution is -0.133. The largest absolute Gasteiger partial charge is 0.362 e. The van der Waals surface area contributed by atoms with Gasteiger partial charge in [-0.1, -0.05) is 0 Å². The highest BCUT2D eigenvalue weighted by Crippen LogP contribution is 2.20. The minimum Gasteiger partial charge on any atom is -0.362 e. The van der Waals surface area contributed by atoms with E-state index in [-0.39, 0.29) is 19.1 Å². The average molecular weight is 213 g/mol. The molecule has 1 aromatic rings. The minimum absolute atomic E-state index is 0.0806. The SMILES string of the molecule is O=C1CO[C@@H](c2cc(F)cc(F)c2)CN1. The Morgan fingerprint density at radius 2 is 1.93 bits per heavy atom. The normalized spacial score (nSPS) is 21.2. The van der Waals surface area contributed by atoms with E-state index in [2.05, 4.69) is 5.32 Å². The van der Waals surface area contributed by atoms with Crippen LogP contribution in [0, 0.1) is 11.6 Å². The second-order valence-corrected chi connectivity index (χ2v) is 3.31. The van der Waals surface area contributed by atoms with Gasteiger partial charge >= 0.3 is 0 Å². The highest BCUT2D eigenvalue weighted by Gasteiger charge is 2.20. The number of amides is 1. The smallest absolute Gasteiger partial charge is 0.246 e. The molecule has 0 unspecified atom stereocenters. The van der Waals surface area contributed by atoms with Crippen molar-refractivity contribution in [2.75, 3.05) is 13.2 Å². The first-order valence-electron chi connectivity index (χ1n) is 4.49. The first kappa shape index (κ1) is 10.0. The van der Waals surface area contributed by atoms with E-state index in [0.29, 0.717) is 5.56 Å². The van der Waals surface area contributed by atoms with Crippen molar-refractivity contribution >= 4 is 5.91 Å². The zero-order chi connectivity index (χ0) is 10.8. The molecule has 1 aliphatic heterocycles. The van der Waals surface area contributed by atoms with E-state index >= 15 is 0 Å². The zero-order valence-corrected chi connectivity index (χ0v) is 7.80. The molecule has 1 heterocycles. The molecule has 0 bridgehead atoms. The van der Waals surface area contributed by atoms with E-state index in [9.17, 15) is 13.6 Å². The third-order valence-electron chi connectivity index (χ3n) is 2.16. The molecular formula is C10H9F2NO2. The molecule has 3 nitrogen and oxygen atoms in total. The minimum atomic E-state index is -0.648. The second kappa shape index (κ2) is 3.94. The van der Waals surface area contributed by atoms with Crippen LogP contribution in [0.15, 0.2) is 18.2 Å². The molecule has 1 saturated heterocycles. The van der Waals surface area contributed by atoms with Crippen LogP contribution in [0.1, 0.15) is 11.7 Å². The van der Waals surface area contributed by atoms with Crippen LogP contribution in [-0.4, -0.2) is 19.1 Å². The van der Waals surface area contributed by atoms with Crippen molar-refractivity contribution in [2.24, 2.45) is 0 Å². The molecule has 1 fully saturated rings. The molecule has 0 radical (unpaired) electrons. The summed E-state index contributed by atoms with van der Waals surface area (Å²) in [7, 11) is 0. The number of carbonyl (C=O) groups excluding carboxylic acids is 1. The number of carbonyl (C=O) groups is 1. The van der Waals surface area contributed by atoms with Gasteiger partial charge in [0.1, 0.15) is 24.3 Å². The summed E-state index contributed by atoms with van der Waals surface area (Å²) in [5.74, 6) is -1.51. The predicted molar refractivity (Wildman–Crippen MR) is 48.1 cm³/mol. The number of halogens is 2. The summed E-state index contributed by atoms with van der Waals surface area (Å²) >= 11 is 0. The van der Waals surface area contributed by atoms with Gasteiger partial charge in [0.25, 0.3) is 0 Å². The fourth-order valence-electron chi connectivity index (χ4n) is 1.47. The Labute approximate surface area is 85.0 Å². The monoisotopic (exact) mass is 213 g/mol. The molecule has 80 valence electrons. The van der Waals surface area contributed by atoms with E-state index < -0.39 is 17.7 Å². The molecule has 5 heteroatoms. The molecule has 0 aromatic heterocycles. The lowest BCUT2D eigenvalue weighted by atomic mass is 10.1. The third kappa shape index (κ3) is 2.30. The molecule has 1 atom stereocenters. The van der Waals surface area contributed by atoms with E-state index in [4.69, 9.17) is 4.74 Å². The Kier molecular flexibility index (Phi) is 2.64. The molecule has 1 aromatic carbocycles. The van der Waals surface area contributed by atoms with Crippen LogP contribution in [0.2, 0.25) is 0 Å². The average Bonchev–Trinajstić information content (AvgIpc) is 2.17. The molecular weight excluding hydrogens is 204 g/mol. The molecule has 1 amide bonds. The summed E-state index contributed by atoms with van der Waals surface area (Å²) in [6.07, 6.45) is -0.479. The maximum Gasteiger partial charge on any atom is 0.246 e. The van der Waals surface area contributed by atoms with Gasteiger partial charge in [-0.3, -0.25) is 4.79 Å². The van der Waals surface area contributed by atoms with Gasteiger partial charge in [0.15, 0.2) is 0 Å². The van der Waals surface area contributed by atoms with Gasteiger partial charge in [-0.25, -0.2) is 8.78 Å². The standard InChI is InChI=1S/C10H9F2NO2/c11-7-1-6(2-8(12)3-7)9-4-13-10(14)5-15-9/h1-3,9H,4-5H2,(H,13,14)/t9-/m1/s1. The Morgan fingerprint density at radius 1 is 1.27 bits per heavy atom. The van der Waals surface area contributed by atoms with Crippen molar-refractivity contribution < 1.29 is 18.3 Å². The van der Waals surface area contributed by atoms with Crippen molar-refractivity contribution in [1.82, 2.24) is 5.32 Å². The van der Waals surface area contributed by atoms with E-state index in [1.165, 1.54) is 12.1 Å². The Morgan fingerprint density at radius 3 is 2.47 bits per heavy atom. The van der Waals surface area contributed by atoms with Crippen molar-refractivity contribution in [2.45, 2.75) is 6.10 Å². The summed E-state index contributed by atoms with van der Waals surface area (Å²) < 4.78 is 30.9. The highest BCUT2D eigenvalue weighted by molar-refractivity contribution is 5.77. The lowest BCUT2D eigenvalue weighted by Crippen LogP contribution is -2.38. The molecule has 1 aliphatic rings. The van der Waals surface area contributed by atoms with E-state index in [0.717, 1.165) is 6.07 Å². The number of hydrogen-bond acceptors (Lipinski definition) is 2. The Bertz CT molecular complexity index is 365. The fraction of sp³-hybridized carbons (Fsp3) is 0.300. The van der Waals surface area contributed by atoms with Gasteiger partial charge in [0, 0.05) is 12.6 Å². The molecule has 0 spiro atoms. The highest BCUT2D eigenvalue weighted by atomic mass is 19.1. The Balaban J connectivity index is 2.18. The van der Waals surface area contributed by atoms with E-state index in [1.807, 2.05) is 0 Å². The van der Waals surface area contributed by atoms with Crippen LogP contribution in [0.25, 0.3) is 0 Å². The molecule has 0 aliphatic carbocycles. The van der Waals surface area contributed by atoms with Gasteiger partial charge in [-0.05, 0) is 17.7 Å². The van der Waals surface area contributed by atoms with Crippen molar-refractivity contribution in [1.29, 1.82) is 0 Å². The lowest BCUT2D eigenvalue weighted by Gasteiger charge is -2.23. The maximum atomic E-state index is 12.9. The van der Waals surface area contributed by atoms with Gasteiger partial charge < -0.3 is 10.1 Å². The summed E-state index contributed by atoms with van der Waals surface area (Å²) in [4.78, 5) is 10.8. The zero-order valence-electron chi connectivity index (χ0n) is 7.80. The Hall–Kier alpha value is -1.49. The topological polar surface area (TPSA) is 38.3 Å². The van der Waals surface area contributed by atoms with Gasteiger partial charge in [0.2, 0.25) is 5.91 Å². The quantitative estimate of drug-likeness (QED) is 0.760. The molecule has 15 heavy (non-hydrogen) atoms. The molecule has 1 N–H and O–H groups in total. The second-order valence-electron chi connectivity index (χ2n) is 3.31. The van der Waals surface area contributed by atoms with Gasteiger partial charge in [-0.15, -0.1) is 0 Å². The van der Waals surface area contributed by atoms with Crippen LogP contribution in [-0.2, 0) is 9.53 Å². The number of hydrogen-bond donors (Lipinski definition) is 1. The van der Waals surface area contributed by atoms with Gasteiger partial charge in [0.05, 0.1) is 0 Å². The van der Waals surface area contributed by atoms with Crippen LogP contribution in [0.3, 0.4) is 0 Å². The summed E-state index contributed by atoms with van der Waals surface area (Å²) in [5.41, 5.74) is 0.396. The van der Waals surface area contributed by atoms with Crippen LogP contribution in [0.4, 0.5) is 8.78 Å². The number of nitrogens with one attached hydrogen (secondary N) is 1. The first-order chi connectivity index (χ1) is 7.15. The third-order valence-corrected chi connectivity index (χ3v) is 2.16. The fourth-order valence-corrected chi connectivity index (χ4v) is 1.47. The van der Waals surface area contributed by atoms with Crippen LogP contribution < -0.4 is 5.32 Å². The summed E-state index contributed by atoms with van der Waals surface area (Å²) in [6, 6.07) is 3.20. The number of ether oxygens (including phenoxy) is 1. The van der Waals surface area contributed by atoms with Crippen molar-refractivity contribution in [3.05, 3.63) is 35.4 Å². The number of morpholine rings is 1. The van der Waals surface area contributed by atoms with E-state index in [1.54, 1.807) is 0 Å². The number of rotatable bonds is 1. The van der Waals surface area contributed by atoms with Crippen LogP contribution in [0.5, 0.6) is 0 Å². The van der Waals surface area contributed by atoms with Crippen molar-refractivity contribution in [3.63, 3.8) is 0 Å². The summed E-state index contributed by atoms with van der Waals surface area (Å²) in [5, 5.41) is 2.56. The predicted octanol–water partition coefficient (Wildman–Crippen LogP) is 1.15. The maximum absolute atomic E-state index is 12.9. The van der Waals surface area contributed by atoms with Crippen LogP contribution >= 0.6 is 0 Å². The van der Waals surface area contributed by atoms with Crippen molar-refractivity contribution in [3.8, 4) is 0 Å². The molecule has 0 saturated carbocycles. The van der Waals surface area contributed by atoms with Gasteiger partial charge in [-0.2, -0.15) is 0 Å².